The van der Waals surface area contributed by atoms with Crippen LogP contribution in [0.15, 0.2) is 35.2 Å². The summed E-state index contributed by atoms with van der Waals surface area (Å²) < 4.78 is 32.7. The predicted octanol–water partition coefficient (Wildman–Crippen LogP) is 1.91. The van der Waals surface area contributed by atoms with Crippen LogP contribution in [0.1, 0.15) is 12.8 Å². The number of hydrogen-bond donors (Lipinski definition) is 1. The lowest BCUT2D eigenvalue weighted by molar-refractivity contribution is 0.0557. The van der Waals surface area contributed by atoms with E-state index in [0.717, 1.165) is 0 Å². The summed E-state index contributed by atoms with van der Waals surface area (Å²) in [5, 5.41) is 0.593. The Balaban J connectivity index is 2.21. The zero-order valence-electron chi connectivity index (χ0n) is 9.93. The van der Waals surface area contributed by atoms with Gasteiger partial charge in [0.1, 0.15) is 0 Å². The van der Waals surface area contributed by atoms with E-state index >= 15 is 0 Å². The summed E-state index contributed by atoms with van der Waals surface area (Å²) in [6, 6.07) is 8.44. The molecule has 4 nitrogen and oxygen atoms in total. The van der Waals surface area contributed by atoms with Gasteiger partial charge in [0.2, 0.25) is 10.0 Å². The molecule has 0 aliphatic carbocycles. The quantitative estimate of drug-likeness (QED) is 0.856. The minimum Gasteiger partial charge on any atom is -0.381 e. The molecule has 2 rings (SSSR count). The summed E-state index contributed by atoms with van der Waals surface area (Å²) in [4.78, 5) is 0.303. The van der Waals surface area contributed by atoms with Gasteiger partial charge < -0.3 is 4.74 Å². The van der Waals surface area contributed by atoms with Crippen molar-refractivity contribution >= 4 is 26.0 Å². The van der Waals surface area contributed by atoms with E-state index in [0.29, 0.717) is 36.3 Å². The normalized spacial score (nSPS) is 19.6. The van der Waals surface area contributed by atoms with Crippen molar-refractivity contribution in [1.29, 1.82) is 0 Å². The second kappa shape index (κ2) is 5.69. The van der Waals surface area contributed by atoms with Crippen LogP contribution in [0, 0.1) is 0 Å². The number of nitrogens with one attached hydrogen (secondary N) is 1. The van der Waals surface area contributed by atoms with Gasteiger partial charge in [-0.05, 0) is 25.0 Å². The number of sulfonamides is 1. The molecule has 0 aromatic heterocycles. The number of halogens is 1. The topological polar surface area (TPSA) is 55.4 Å². The average Bonchev–Trinajstić information content (AvgIpc) is 2.40. The number of alkyl halides is 1. The summed E-state index contributed by atoms with van der Waals surface area (Å²) in [6.07, 6.45) is 1.37. The fourth-order valence-corrected chi connectivity index (χ4v) is 4.33. The number of benzene rings is 1. The van der Waals surface area contributed by atoms with E-state index in [9.17, 15) is 8.42 Å². The van der Waals surface area contributed by atoms with Gasteiger partial charge in [-0.3, -0.25) is 0 Å². The molecule has 6 heteroatoms. The van der Waals surface area contributed by atoms with Crippen LogP contribution in [0.5, 0.6) is 0 Å². The maximum Gasteiger partial charge on any atom is 0.241 e. The Morgan fingerprint density at radius 3 is 2.39 bits per heavy atom. The zero-order chi connectivity index (χ0) is 13.1. The molecule has 1 saturated heterocycles. The number of ether oxygens (including phenoxy) is 1. The molecule has 0 saturated carbocycles. The Labute approximate surface area is 116 Å². The van der Waals surface area contributed by atoms with Crippen molar-refractivity contribution in [1.82, 2.24) is 4.72 Å². The second-order valence-electron chi connectivity index (χ2n) is 4.44. The predicted molar refractivity (Wildman–Crippen MR) is 73.3 cm³/mol. The van der Waals surface area contributed by atoms with Crippen molar-refractivity contribution in [2.24, 2.45) is 0 Å². The van der Waals surface area contributed by atoms with E-state index in [-0.39, 0.29) is 0 Å². The second-order valence-corrected chi connectivity index (χ2v) is 6.69. The molecule has 1 aromatic carbocycles. The lowest BCUT2D eigenvalue weighted by atomic mass is 9.94. The van der Waals surface area contributed by atoms with E-state index in [1.807, 2.05) is 0 Å². The highest BCUT2D eigenvalue weighted by molar-refractivity contribution is 9.09. The Bertz CT molecular complexity index is 483. The van der Waals surface area contributed by atoms with Crippen molar-refractivity contribution in [2.75, 3.05) is 18.5 Å². The molecule has 0 amide bonds. The maximum atomic E-state index is 12.3. The monoisotopic (exact) mass is 333 g/mol. The van der Waals surface area contributed by atoms with Crippen molar-refractivity contribution in [3.63, 3.8) is 0 Å². The van der Waals surface area contributed by atoms with Crippen LogP contribution in [0.4, 0.5) is 0 Å². The summed E-state index contributed by atoms with van der Waals surface area (Å²) in [7, 11) is -3.47. The van der Waals surface area contributed by atoms with Gasteiger partial charge in [-0.15, -0.1) is 0 Å². The molecule has 1 fully saturated rings. The molecule has 1 aromatic rings. The van der Waals surface area contributed by atoms with Gasteiger partial charge in [0.25, 0.3) is 0 Å². The highest BCUT2D eigenvalue weighted by atomic mass is 79.9. The lowest BCUT2D eigenvalue weighted by Crippen LogP contribution is -2.53. The van der Waals surface area contributed by atoms with Gasteiger partial charge in [0.15, 0.2) is 0 Å². The molecule has 0 atom stereocenters. The third-order valence-corrected chi connectivity index (χ3v) is 5.78. The third kappa shape index (κ3) is 3.12. The number of hydrogen-bond acceptors (Lipinski definition) is 3. The van der Waals surface area contributed by atoms with Crippen LogP contribution in [-0.2, 0) is 14.8 Å². The van der Waals surface area contributed by atoms with Crippen molar-refractivity contribution in [3.05, 3.63) is 30.3 Å². The molecular formula is C12H16BrNO3S. The summed E-state index contributed by atoms with van der Waals surface area (Å²) >= 11 is 3.41. The van der Waals surface area contributed by atoms with Gasteiger partial charge in [-0.2, -0.15) is 0 Å². The minimum atomic E-state index is -3.47. The maximum absolute atomic E-state index is 12.3. The molecular weight excluding hydrogens is 318 g/mol. The fraction of sp³-hybridized carbons (Fsp3) is 0.500. The Morgan fingerprint density at radius 1 is 1.22 bits per heavy atom. The first-order valence-electron chi connectivity index (χ1n) is 5.81. The number of rotatable bonds is 4. The largest absolute Gasteiger partial charge is 0.381 e. The van der Waals surface area contributed by atoms with Crippen LogP contribution in [0.3, 0.4) is 0 Å². The van der Waals surface area contributed by atoms with Crippen molar-refractivity contribution in [2.45, 2.75) is 23.3 Å². The first-order chi connectivity index (χ1) is 8.58. The van der Waals surface area contributed by atoms with Crippen LogP contribution >= 0.6 is 15.9 Å². The van der Waals surface area contributed by atoms with Gasteiger partial charge in [0, 0.05) is 24.1 Å². The van der Waals surface area contributed by atoms with Crippen LogP contribution in [-0.4, -0.2) is 32.5 Å². The Hall–Kier alpha value is -0.430. The molecule has 0 bridgehead atoms. The molecule has 1 aliphatic rings. The molecule has 100 valence electrons. The van der Waals surface area contributed by atoms with Crippen molar-refractivity contribution < 1.29 is 13.2 Å². The van der Waals surface area contributed by atoms with E-state index in [1.54, 1.807) is 30.3 Å². The smallest absolute Gasteiger partial charge is 0.241 e. The highest BCUT2D eigenvalue weighted by Gasteiger charge is 2.35. The van der Waals surface area contributed by atoms with E-state index in [2.05, 4.69) is 20.7 Å². The van der Waals surface area contributed by atoms with E-state index < -0.39 is 15.6 Å². The molecule has 1 heterocycles. The molecule has 0 radical (unpaired) electrons. The highest BCUT2D eigenvalue weighted by Crippen LogP contribution is 2.25. The Morgan fingerprint density at radius 2 is 1.83 bits per heavy atom. The fourth-order valence-electron chi connectivity index (χ4n) is 1.97. The molecule has 1 N–H and O–H groups in total. The van der Waals surface area contributed by atoms with E-state index in [1.165, 1.54) is 0 Å². The van der Waals surface area contributed by atoms with Gasteiger partial charge in [0.05, 0.1) is 4.90 Å². The summed E-state index contributed by atoms with van der Waals surface area (Å²) in [5.41, 5.74) is -0.438. The lowest BCUT2D eigenvalue weighted by Gasteiger charge is -2.36. The van der Waals surface area contributed by atoms with Crippen molar-refractivity contribution in [3.8, 4) is 0 Å². The third-order valence-electron chi connectivity index (χ3n) is 3.11. The standard InChI is InChI=1S/C12H16BrNO3S/c13-10-12(6-8-17-9-7-12)14-18(15,16)11-4-2-1-3-5-11/h1-5,14H,6-10H2. The van der Waals surface area contributed by atoms with Crippen LogP contribution in [0.25, 0.3) is 0 Å². The van der Waals surface area contributed by atoms with Crippen LogP contribution in [0.2, 0.25) is 0 Å². The SMILES string of the molecule is O=S(=O)(NC1(CBr)CCOCC1)c1ccccc1. The van der Waals surface area contributed by atoms with Gasteiger partial charge in [-0.1, -0.05) is 34.1 Å². The van der Waals surface area contributed by atoms with Crippen LogP contribution < -0.4 is 4.72 Å². The summed E-state index contributed by atoms with van der Waals surface area (Å²) in [5.74, 6) is 0. The Kier molecular flexibility index (Phi) is 4.42. The summed E-state index contributed by atoms with van der Waals surface area (Å²) in [6.45, 7) is 1.17. The average molecular weight is 334 g/mol. The molecule has 18 heavy (non-hydrogen) atoms. The minimum absolute atomic E-state index is 0.303. The van der Waals surface area contributed by atoms with E-state index in [4.69, 9.17) is 4.74 Å². The first kappa shape index (κ1) is 14.0. The van der Waals surface area contributed by atoms with Gasteiger partial charge in [-0.25, -0.2) is 13.1 Å². The first-order valence-corrected chi connectivity index (χ1v) is 8.41. The van der Waals surface area contributed by atoms with Gasteiger partial charge >= 0.3 is 0 Å². The molecule has 1 aliphatic heterocycles. The molecule has 0 unspecified atom stereocenters. The molecule has 0 spiro atoms. The zero-order valence-corrected chi connectivity index (χ0v) is 12.3.